The minimum Gasteiger partial charge on any atom is -0.397 e. The number of rotatable bonds is 7. The van der Waals surface area contributed by atoms with E-state index in [1.54, 1.807) is 30.5 Å². The highest BCUT2D eigenvalue weighted by Crippen LogP contribution is 2.34. The second kappa shape index (κ2) is 10.2. The zero-order chi connectivity index (χ0) is 21.6. The molecule has 1 saturated heterocycles. The summed E-state index contributed by atoms with van der Waals surface area (Å²) in [5.74, 6) is 0.528. The van der Waals surface area contributed by atoms with Crippen molar-refractivity contribution in [3.05, 3.63) is 53.9 Å². The number of aliphatic hydroxyl groups excluding tert-OH is 1. The number of aliphatic hydroxyl groups is 1. The molecule has 3 unspecified atom stereocenters. The molecule has 4 rings (SSSR count). The third kappa shape index (κ3) is 5.42. The van der Waals surface area contributed by atoms with Crippen LogP contribution in [0.5, 0.6) is 0 Å². The van der Waals surface area contributed by atoms with Crippen molar-refractivity contribution in [2.75, 3.05) is 30.7 Å². The van der Waals surface area contributed by atoms with Crippen molar-refractivity contribution in [1.29, 1.82) is 0 Å². The number of nitrogen functional groups attached to an aromatic ring is 1. The fraction of sp³-hybridized carbons (Fsp3) is 0.500. The molecule has 1 aromatic carbocycles. The first kappa shape index (κ1) is 21.7. The van der Waals surface area contributed by atoms with Gasteiger partial charge in [-0.1, -0.05) is 31.0 Å². The number of anilines is 2. The summed E-state index contributed by atoms with van der Waals surface area (Å²) >= 11 is 0. The molecule has 31 heavy (non-hydrogen) atoms. The normalized spacial score (nSPS) is 22.5. The summed E-state index contributed by atoms with van der Waals surface area (Å²) in [5, 5.41) is 16.4. The van der Waals surface area contributed by atoms with Crippen LogP contribution in [-0.2, 0) is 0 Å². The largest absolute Gasteiger partial charge is 0.397 e. The summed E-state index contributed by atoms with van der Waals surface area (Å²) in [6, 6.07) is 11.2. The fourth-order valence-corrected chi connectivity index (χ4v) is 4.97. The summed E-state index contributed by atoms with van der Waals surface area (Å²) < 4.78 is 0. The number of nitrogens with zero attached hydrogens (tertiary/aromatic N) is 2. The Hall–Kier alpha value is -2.48. The number of benzene rings is 1. The number of hydrogen-bond donors (Lipinski definition) is 4. The van der Waals surface area contributed by atoms with E-state index in [1.165, 1.54) is 38.5 Å². The number of likely N-dealkylation sites (tertiary alicyclic amines) is 1. The molecule has 2 aromatic rings. The highest BCUT2D eigenvalue weighted by molar-refractivity contribution is 6.04. The molecule has 2 aliphatic rings. The average molecular weight is 424 g/mol. The molecule has 0 spiro atoms. The van der Waals surface area contributed by atoms with Gasteiger partial charge in [0.05, 0.1) is 11.4 Å². The predicted octanol–water partition coefficient (Wildman–Crippen LogP) is 3.15. The van der Waals surface area contributed by atoms with Gasteiger partial charge in [-0.3, -0.25) is 20.0 Å². The maximum absolute atomic E-state index is 12.4. The van der Waals surface area contributed by atoms with Crippen LogP contribution < -0.4 is 16.4 Å². The van der Waals surface area contributed by atoms with E-state index in [0.717, 1.165) is 31.6 Å². The molecule has 166 valence electrons. The number of hydrogen-bond acceptors (Lipinski definition) is 6. The lowest BCUT2D eigenvalue weighted by molar-refractivity contribution is 0.0552. The van der Waals surface area contributed by atoms with Gasteiger partial charge in [0, 0.05) is 30.9 Å². The number of nitrogens with two attached hydrogens (primary N) is 1. The SMILES string of the molecule is Nc1ccccc1NC(=O)c1ccc(C(O)NCCN2CCCC3CCCCC32)cn1. The van der Waals surface area contributed by atoms with Crippen molar-refractivity contribution >= 4 is 17.3 Å². The number of pyridine rings is 1. The molecule has 1 aliphatic carbocycles. The Balaban J connectivity index is 1.27. The van der Waals surface area contributed by atoms with E-state index in [1.807, 2.05) is 12.1 Å². The molecule has 7 nitrogen and oxygen atoms in total. The Morgan fingerprint density at radius 2 is 1.97 bits per heavy atom. The molecule has 1 saturated carbocycles. The summed E-state index contributed by atoms with van der Waals surface area (Å²) in [6.45, 7) is 2.83. The van der Waals surface area contributed by atoms with Gasteiger partial charge in [-0.15, -0.1) is 0 Å². The van der Waals surface area contributed by atoms with E-state index < -0.39 is 6.23 Å². The third-order valence-electron chi connectivity index (χ3n) is 6.64. The van der Waals surface area contributed by atoms with Gasteiger partial charge in [0.1, 0.15) is 11.9 Å². The van der Waals surface area contributed by atoms with Crippen LogP contribution in [-0.4, -0.2) is 46.6 Å². The molecular formula is C24H33N5O2. The number of nitrogens with one attached hydrogen (secondary N) is 2. The number of amides is 1. The van der Waals surface area contributed by atoms with Crippen molar-refractivity contribution in [2.45, 2.75) is 50.8 Å². The molecule has 0 bridgehead atoms. The van der Waals surface area contributed by atoms with E-state index in [4.69, 9.17) is 5.73 Å². The zero-order valence-electron chi connectivity index (χ0n) is 18.0. The van der Waals surface area contributed by atoms with Crippen molar-refractivity contribution in [3.8, 4) is 0 Å². The van der Waals surface area contributed by atoms with Crippen LogP contribution >= 0.6 is 0 Å². The number of para-hydroxylation sites is 2. The van der Waals surface area contributed by atoms with Crippen molar-refractivity contribution in [2.24, 2.45) is 5.92 Å². The van der Waals surface area contributed by atoms with Crippen LogP contribution in [0.25, 0.3) is 0 Å². The van der Waals surface area contributed by atoms with E-state index in [0.29, 0.717) is 16.9 Å². The van der Waals surface area contributed by atoms with Gasteiger partial charge >= 0.3 is 0 Å². The van der Waals surface area contributed by atoms with Crippen LogP contribution in [0.15, 0.2) is 42.6 Å². The Morgan fingerprint density at radius 3 is 2.77 bits per heavy atom. The lowest BCUT2D eigenvalue weighted by Crippen LogP contribution is -2.49. The second-order valence-corrected chi connectivity index (χ2v) is 8.66. The van der Waals surface area contributed by atoms with Gasteiger partial charge in [0.2, 0.25) is 0 Å². The molecule has 1 aromatic heterocycles. The quantitative estimate of drug-likeness (QED) is 0.403. The van der Waals surface area contributed by atoms with Crippen LogP contribution in [0.3, 0.4) is 0 Å². The lowest BCUT2D eigenvalue weighted by atomic mass is 9.78. The average Bonchev–Trinajstić information content (AvgIpc) is 2.81. The zero-order valence-corrected chi connectivity index (χ0v) is 18.0. The predicted molar refractivity (Wildman–Crippen MR) is 123 cm³/mol. The smallest absolute Gasteiger partial charge is 0.274 e. The molecule has 1 aliphatic heterocycles. The fourth-order valence-electron chi connectivity index (χ4n) is 4.97. The molecule has 2 heterocycles. The molecule has 7 heteroatoms. The minimum atomic E-state index is -0.804. The Morgan fingerprint density at radius 1 is 1.16 bits per heavy atom. The van der Waals surface area contributed by atoms with Crippen molar-refractivity contribution < 1.29 is 9.90 Å². The Bertz CT molecular complexity index is 871. The second-order valence-electron chi connectivity index (χ2n) is 8.66. The standard InChI is InChI=1S/C24H33N5O2/c25-19-8-2-3-9-20(19)28-24(31)21-12-11-18(16-27-21)23(30)26-13-15-29-14-5-7-17-6-1-4-10-22(17)29/h2-3,8-9,11-12,16-17,22-23,26,30H,1,4-7,10,13-15,25H2,(H,28,31). The molecule has 3 atom stereocenters. The van der Waals surface area contributed by atoms with Crippen molar-refractivity contribution in [1.82, 2.24) is 15.2 Å². The van der Waals surface area contributed by atoms with Crippen LogP contribution in [0.4, 0.5) is 11.4 Å². The van der Waals surface area contributed by atoms with Gasteiger partial charge in [-0.05, 0) is 56.3 Å². The number of carbonyl (C=O) groups is 1. The number of piperidine rings is 1. The molecular weight excluding hydrogens is 390 g/mol. The van der Waals surface area contributed by atoms with Gasteiger partial charge in [-0.2, -0.15) is 0 Å². The lowest BCUT2D eigenvalue weighted by Gasteiger charge is -2.44. The van der Waals surface area contributed by atoms with Crippen LogP contribution in [0.1, 0.15) is 60.8 Å². The summed E-state index contributed by atoms with van der Waals surface area (Å²) in [4.78, 5) is 19.2. The maximum atomic E-state index is 12.4. The van der Waals surface area contributed by atoms with E-state index in [-0.39, 0.29) is 11.6 Å². The maximum Gasteiger partial charge on any atom is 0.274 e. The molecule has 1 amide bonds. The number of fused-ring (bicyclic) bond motifs is 1. The topological polar surface area (TPSA) is 104 Å². The Labute approximate surface area is 184 Å². The van der Waals surface area contributed by atoms with Gasteiger partial charge in [-0.25, -0.2) is 0 Å². The minimum absolute atomic E-state index is 0.274. The summed E-state index contributed by atoms with van der Waals surface area (Å²) in [5.41, 5.74) is 7.84. The summed E-state index contributed by atoms with van der Waals surface area (Å²) in [7, 11) is 0. The first-order valence-corrected chi connectivity index (χ1v) is 11.4. The first-order valence-electron chi connectivity index (χ1n) is 11.4. The molecule has 2 fully saturated rings. The highest BCUT2D eigenvalue weighted by Gasteiger charge is 2.32. The van der Waals surface area contributed by atoms with Crippen molar-refractivity contribution in [3.63, 3.8) is 0 Å². The van der Waals surface area contributed by atoms with E-state index in [2.05, 4.69) is 20.5 Å². The van der Waals surface area contributed by atoms with E-state index >= 15 is 0 Å². The number of carbonyl (C=O) groups excluding carboxylic acids is 1. The first-order chi connectivity index (χ1) is 15.1. The van der Waals surface area contributed by atoms with Gasteiger partial charge in [0.25, 0.3) is 5.91 Å². The Kier molecular flexibility index (Phi) is 7.17. The van der Waals surface area contributed by atoms with E-state index in [9.17, 15) is 9.90 Å². The van der Waals surface area contributed by atoms with Crippen LogP contribution in [0.2, 0.25) is 0 Å². The third-order valence-corrected chi connectivity index (χ3v) is 6.64. The number of aromatic nitrogens is 1. The van der Waals surface area contributed by atoms with Crippen LogP contribution in [0, 0.1) is 5.92 Å². The molecule has 0 radical (unpaired) electrons. The van der Waals surface area contributed by atoms with Gasteiger partial charge < -0.3 is 16.2 Å². The summed E-state index contributed by atoms with van der Waals surface area (Å²) in [6.07, 6.45) is 8.81. The van der Waals surface area contributed by atoms with Gasteiger partial charge in [0.15, 0.2) is 0 Å². The molecule has 5 N–H and O–H groups in total. The monoisotopic (exact) mass is 423 g/mol. The highest BCUT2D eigenvalue weighted by atomic mass is 16.3.